The molecule has 0 aliphatic rings. The van der Waals surface area contributed by atoms with E-state index in [-0.39, 0.29) is 5.56 Å². The molecule has 1 heterocycles. The van der Waals surface area contributed by atoms with Crippen molar-refractivity contribution in [1.82, 2.24) is 9.55 Å². The highest BCUT2D eigenvalue weighted by Gasteiger charge is 2.14. The summed E-state index contributed by atoms with van der Waals surface area (Å²) in [4.78, 5) is 26.1. The Hall–Kier alpha value is -2.89. The second-order valence-electron chi connectivity index (χ2n) is 4.31. The molecule has 2 aromatic carbocycles. The number of nitrogens with two attached hydrogens (primary N) is 1. The van der Waals surface area contributed by atoms with E-state index in [1.807, 2.05) is 0 Å². The van der Waals surface area contributed by atoms with Crippen molar-refractivity contribution in [2.75, 3.05) is 0 Å². The molecule has 0 saturated heterocycles. The molecule has 100 valence electrons. The predicted octanol–water partition coefficient (Wildman–Crippen LogP) is 1.56. The van der Waals surface area contributed by atoms with Gasteiger partial charge in [0.05, 0.1) is 22.3 Å². The van der Waals surface area contributed by atoms with Gasteiger partial charge in [0.15, 0.2) is 0 Å². The number of nitrogens with one attached hydrogen (secondary N) is 1. The van der Waals surface area contributed by atoms with Crippen LogP contribution in [0.3, 0.4) is 0 Å². The second-order valence-corrected chi connectivity index (χ2v) is 4.31. The van der Waals surface area contributed by atoms with Crippen LogP contribution in [0, 0.1) is 5.82 Å². The number of para-hydroxylation sites is 1. The molecule has 0 unspecified atom stereocenters. The molecule has 0 atom stereocenters. The molecule has 3 N–H and O–H groups in total. The molecule has 1 aromatic heterocycles. The molecular weight excluding hydrogens is 261 g/mol. The summed E-state index contributed by atoms with van der Waals surface area (Å²) in [6.45, 7) is 0. The van der Waals surface area contributed by atoms with Gasteiger partial charge in [-0.1, -0.05) is 12.1 Å². The van der Waals surface area contributed by atoms with E-state index in [0.29, 0.717) is 16.7 Å². The zero-order valence-corrected chi connectivity index (χ0v) is 10.3. The zero-order chi connectivity index (χ0) is 14.3. The van der Waals surface area contributed by atoms with E-state index in [2.05, 4.69) is 4.98 Å². The van der Waals surface area contributed by atoms with E-state index in [9.17, 15) is 14.0 Å². The van der Waals surface area contributed by atoms with Crippen molar-refractivity contribution < 1.29 is 9.18 Å². The van der Waals surface area contributed by atoms with Crippen LogP contribution in [0.15, 0.2) is 47.3 Å². The molecule has 1 amide bonds. The van der Waals surface area contributed by atoms with Crippen LogP contribution < -0.4 is 11.4 Å². The van der Waals surface area contributed by atoms with Gasteiger partial charge in [-0.2, -0.15) is 0 Å². The molecule has 6 heteroatoms. The van der Waals surface area contributed by atoms with Gasteiger partial charge >= 0.3 is 5.69 Å². The van der Waals surface area contributed by atoms with Crippen molar-refractivity contribution in [3.8, 4) is 5.69 Å². The number of nitrogens with zero attached hydrogens (tertiary/aromatic N) is 1. The third kappa shape index (κ3) is 1.78. The third-order valence-corrected chi connectivity index (χ3v) is 3.05. The van der Waals surface area contributed by atoms with Gasteiger partial charge in [0.1, 0.15) is 5.82 Å². The minimum Gasteiger partial charge on any atom is -0.366 e. The Morgan fingerprint density at radius 2 is 1.95 bits per heavy atom. The van der Waals surface area contributed by atoms with Crippen molar-refractivity contribution in [3.05, 3.63) is 64.3 Å². The van der Waals surface area contributed by atoms with E-state index < -0.39 is 17.4 Å². The van der Waals surface area contributed by atoms with E-state index in [1.165, 1.54) is 28.8 Å². The van der Waals surface area contributed by atoms with Crippen molar-refractivity contribution in [2.24, 2.45) is 5.73 Å². The van der Waals surface area contributed by atoms with Crippen LogP contribution in [0.1, 0.15) is 10.4 Å². The lowest BCUT2D eigenvalue weighted by Crippen LogP contribution is -2.20. The number of aromatic nitrogens is 2. The Labute approximate surface area is 112 Å². The average molecular weight is 271 g/mol. The number of hydrogen-bond acceptors (Lipinski definition) is 2. The summed E-state index contributed by atoms with van der Waals surface area (Å²) in [5, 5.41) is 0. The van der Waals surface area contributed by atoms with Crippen LogP contribution in [0.5, 0.6) is 0 Å². The lowest BCUT2D eigenvalue weighted by atomic mass is 10.1. The smallest absolute Gasteiger partial charge is 0.331 e. The van der Waals surface area contributed by atoms with Gasteiger partial charge in [-0.15, -0.1) is 0 Å². The number of halogens is 1. The van der Waals surface area contributed by atoms with Crippen LogP contribution in [0.25, 0.3) is 16.7 Å². The number of imidazole rings is 1. The fourth-order valence-electron chi connectivity index (χ4n) is 2.20. The third-order valence-electron chi connectivity index (χ3n) is 3.05. The van der Waals surface area contributed by atoms with Crippen LogP contribution in [0.2, 0.25) is 0 Å². The van der Waals surface area contributed by atoms with Crippen molar-refractivity contribution >= 4 is 16.9 Å². The molecule has 5 nitrogen and oxygen atoms in total. The van der Waals surface area contributed by atoms with Gasteiger partial charge in [0.25, 0.3) is 5.91 Å². The summed E-state index contributed by atoms with van der Waals surface area (Å²) in [5.41, 5.74) is 6.27. The maximum atomic E-state index is 13.2. The molecule has 3 rings (SSSR count). The molecule has 0 radical (unpaired) electrons. The van der Waals surface area contributed by atoms with Gasteiger partial charge in [0.2, 0.25) is 0 Å². The fraction of sp³-hybridized carbons (Fsp3) is 0. The number of rotatable bonds is 2. The minimum absolute atomic E-state index is 0.222. The van der Waals surface area contributed by atoms with Crippen molar-refractivity contribution in [1.29, 1.82) is 0 Å². The maximum Gasteiger partial charge on any atom is 0.331 e. The van der Waals surface area contributed by atoms with Gasteiger partial charge < -0.3 is 10.7 Å². The Morgan fingerprint density at radius 3 is 2.70 bits per heavy atom. The summed E-state index contributed by atoms with van der Waals surface area (Å²) in [6.07, 6.45) is 0. The Morgan fingerprint density at radius 1 is 1.20 bits per heavy atom. The largest absolute Gasteiger partial charge is 0.366 e. The standard InChI is InChI=1S/C14H10FN3O2/c15-8-5-6-12-10(7-8)17-14(20)18(12)11-4-2-1-3-9(11)13(16)19/h1-7H,(H2,16,19)(H,17,20). The second kappa shape index (κ2) is 4.34. The van der Waals surface area contributed by atoms with Gasteiger partial charge in [-0.05, 0) is 30.3 Å². The number of H-pyrrole nitrogens is 1. The zero-order valence-electron chi connectivity index (χ0n) is 10.3. The summed E-state index contributed by atoms with van der Waals surface area (Å²) in [5.74, 6) is -1.09. The van der Waals surface area contributed by atoms with Gasteiger partial charge in [0, 0.05) is 0 Å². The van der Waals surface area contributed by atoms with E-state index in [1.54, 1.807) is 18.2 Å². The molecule has 0 bridgehead atoms. The summed E-state index contributed by atoms with van der Waals surface area (Å²) >= 11 is 0. The molecule has 0 fully saturated rings. The van der Waals surface area contributed by atoms with Crippen molar-refractivity contribution in [3.63, 3.8) is 0 Å². The first-order valence-electron chi connectivity index (χ1n) is 5.87. The molecule has 20 heavy (non-hydrogen) atoms. The average Bonchev–Trinajstić information content (AvgIpc) is 2.73. The number of amides is 1. The highest BCUT2D eigenvalue weighted by atomic mass is 19.1. The van der Waals surface area contributed by atoms with Crippen molar-refractivity contribution in [2.45, 2.75) is 0 Å². The molecule has 0 aliphatic carbocycles. The monoisotopic (exact) mass is 271 g/mol. The number of carbonyl (C=O) groups excluding carboxylic acids is 1. The molecule has 0 aliphatic heterocycles. The van der Waals surface area contributed by atoms with E-state index >= 15 is 0 Å². The van der Waals surface area contributed by atoms with Crippen LogP contribution in [-0.4, -0.2) is 15.5 Å². The molecule has 3 aromatic rings. The van der Waals surface area contributed by atoms with E-state index in [4.69, 9.17) is 5.73 Å². The molecule has 0 saturated carbocycles. The van der Waals surface area contributed by atoms with Gasteiger partial charge in [-0.25, -0.2) is 9.18 Å². The number of hydrogen-bond donors (Lipinski definition) is 2. The molecule has 0 spiro atoms. The lowest BCUT2D eigenvalue weighted by molar-refractivity contribution is 0.100. The van der Waals surface area contributed by atoms with Crippen LogP contribution >= 0.6 is 0 Å². The number of aromatic amines is 1. The summed E-state index contributed by atoms with van der Waals surface area (Å²) in [6, 6.07) is 10.4. The van der Waals surface area contributed by atoms with E-state index in [0.717, 1.165) is 0 Å². The number of primary amides is 1. The molecular formula is C14H10FN3O2. The highest BCUT2D eigenvalue weighted by molar-refractivity contribution is 5.97. The first kappa shape index (κ1) is 12.2. The number of fused-ring (bicyclic) bond motifs is 1. The van der Waals surface area contributed by atoms with Gasteiger partial charge in [-0.3, -0.25) is 9.36 Å². The Kier molecular flexibility index (Phi) is 2.64. The van der Waals surface area contributed by atoms with Crippen LogP contribution in [-0.2, 0) is 0 Å². The quantitative estimate of drug-likeness (QED) is 0.741. The number of carbonyl (C=O) groups is 1. The fourth-order valence-corrected chi connectivity index (χ4v) is 2.20. The minimum atomic E-state index is -0.635. The summed E-state index contributed by atoms with van der Waals surface area (Å²) < 4.78 is 14.5. The lowest BCUT2D eigenvalue weighted by Gasteiger charge is -2.07. The SMILES string of the molecule is NC(=O)c1ccccc1-n1c(=O)[nH]c2cc(F)ccc21. The van der Waals surface area contributed by atoms with Crippen LogP contribution in [0.4, 0.5) is 4.39 Å². The first-order valence-corrected chi connectivity index (χ1v) is 5.87. The Bertz CT molecular complexity index is 880. The first-order chi connectivity index (χ1) is 9.58. The predicted molar refractivity (Wildman–Crippen MR) is 72.4 cm³/mol. The topological polar surface area (TPSA) is 80.9 Å². The normalized spacial score (nSPS) is 10.8. The summed E-state index contributed by atoms with van der Waals surface area (Å²) in [7, 11) is 0. The number of benzene rings is 2. The Balaban J connectivity index is 2.39. The highest BCUT2D eigenvalue weighted by Crippen LogP contribution is 2.19. The maximum absolute atomic E-state index is 13.2.